The van der Waals surface area contributed by atoms with Crippen molar-refractivity contribution in [3.05, 3.63) is 83.2 Å². The molecule has 0 unspecified atom stereocenters. The number of pyridine rings is 1. The zero-order chi connectivity index (χ0) is 25.0. The Hall–Kier alpha value is -3.46. The molecule has 3 aromatic rings. The fourth-order valence-corrected chi connectivity index (χ4v) is 5.60. The number of methoxy groups -OCH3 is 1. The molecule has 1 atom stereocenters. The Morgan fingerprint density at radius 3 is 2.49 bits per heavy atom. The van der Waals surface area contributed by atoms with Gasteiger partial charge in [-0.1, -0.05) is 12.1 Å². The predicted molar refractivity (Wildman–Crippen MR) is 130 cm³/mol. The number of halogens is 1. The van der Waals surface area contributed by atoms with E-state index in [0.717, 1.165) is 40.3 Å². The van der Waals surface area contributed by atoms with Crippen molar-refractivity contribution < 1.29 is 27.1 Å². The number of benzene rings is 2. The first-order valence-electron chi connectivity index (χ1n) is 11.3. The number of sulfonamides is 1. The summed E-state index contributed by atoms with van der Waals surface area (Å²) < 4.78 is 53.3. The highest BCUT2D eigenvalue weighted by molar-refractivity contribution is 7.92. The quantitative estimate of drug-likeness (QED) is 0.404. The average Bonchev–Trinajstić information content (AvgIpc) is 3.33. The Labute approximate surface area is 204 Å². The summed E-state index contributed by atoms with van der Waals surface area (Å²) in [4.78, 5) is 15.6. The normalized spacial score (nSPS) is 13.7. The van der Waals surface area contributed by atoms with E-state index >= 15 is 0 Å². The molecule has 184 valence electrons. The molecule has 0 saturated carbocycles. The zero-order valence-electron chi connectivity index (χ0n) is 19.6. The van der Waals surface area contributed by atoms with Crippen molar-refractivity contribution in [3.63, 3.8) is 0 Å². The lowest BCUT2D eigenvalue weighted by Gasteiger charge is -2.27. The van der Waals surface area contributed by atoms with E-state index in [4.69, 9.17) is 9.47 Å². The van der Waals surface area contributed by atoms with Crippen LogP contribution < -0.4 is 9.04 Å². The highest BCUT2D eigenvalue weighted by atomic mass is 32.2. The molecule has 1 aliphatic rings. The second-order valence-corrected chi connectivity index (χ2v) is 10.3. The number of aryl methyl sites for hydroxylation is 2. The van der Waals surface area contributed by atoms with Crippen LogP contribution in [-0.4, -0.2) is 39.2 Å². The van der Waals surface area contributed by atoms with Crippen LogP contribution in [0.4, 0.5) is 10.1 Å². The maximum atomic E-state index is 14.3. The van der Waals surface area contributed by atoms with Crippen LogP contribution in [0.1, 0.15) is 40.4 Å². The largest absolute Gasteiger partial charge is 0.487 e. The predicted octanol–water partition coefficient (Wildman–Crippen LogP) is 4.49. The van der Waals surface area contributed by atoms with Crippen LogP contribution in [0.25, 0.3) is 0 Å². The minimum atomic E-state index is -4.09. The van der Waals surface area contributed by atoms with Crippen LogP contribution in [0.3, 0.4) is 0 Å². The molecule has 0 saturated heterocycles. The van der Waals surface area contributed by atoms with Gasteiger partial charge in [-0.15, -0.1) is 0 Å². The standard InChI is InChI=1S/C26H27FN2O5S/c1-18(27)16-29(35(31,32)23-7-4-12-28-15-23)24-13-21-5-3-6-22(21)14-25(24)34-17-19-8-10-20(11-9-19)26(30)33-2/h4,7-15,18H,3,5-6,16-17H2,1-2H3/t18-/m1/s1. The molecule has 35 heavy (non-hydrogen) atoms. The molecular formula is C26H27FN2O5S. The molecule has 0 aliphatic heterocycles. The average molecular weight is 499 g/mol. The summed E-state index contributed by atoms with van der Waals surface area (Å²) in [6.07, 6.45) is 3.98. The Morgan fingerprint density at radius 2 is 1.86 bits per heavy atom. The number of nitrogens with zero attached hydrogens (tertiary/aromatic N) is 2. The van der Waals surface area contributed by atoms with E-state index in [9.17, 15) is 17.6 Å². The van der Waals surface area contributed by atoms with Gasteiger partial charge >= 0.3 is 5.97 Å². The van der Waals surface area contributed by atoms with Gasteiger partial charge in [0.25, 0.3) is 10.0 Å². The third-order valence-corrected chi connectivity index (χ3v) is 7.61. The summed E-state index contributed by atoms with van der Waals surface area (Å²) in [5.41, 5.74) is 3.62. The van der Waals surface area contributed by atoms with Gasteiger partial charge in [0.2, 0.25) is 0 Å². The molecular weight excluding hydrogens is 471 g/mol. The first-order chi connectivity index (χ1) is 16.8. The van der Waals surface area contributed by atoms with Crippen LogP contribution in [0.2, 0.25) is 0 Å². The van der Waals surface area contributed by atoms with Gasteiger partial charge in [-0.05, 0) is 79.3 Å². The molecule has 0 radical (unpaired) electrons. The van der Waals surface area contributed by atoms with Gasteiger partial charge < -0.3 is 9.47 Å². The zero-order valence-corrected chi connectivity index (χ0v) is 20.4. The molecule has 0 spiro atoms. The fraction of sp³-hybridized carbons (Fsp3) is 0.308. The second kappa shape index (κ2) is 10.4. The molecule has 9 heteroatoms. The monoisotopic (exact) mass is 498 g/mol. The lowest BCUT2D eigenvalue weighted by molar-refractivity contribution is 0.0600. The van der Waals surface area contributed by atoms with Gasteiger partial charge in [0.1, 0.15) is 23.4 Å². The number of alkyl halides is 1. The first-order valence-corrected chi connectivity index (χ1v) is 12.8. The van der Waals surface area contributed by atoms with Crippen molar-refractivity contribution in [2.75, 3.05) is 18.0 Å². The molecule has 0 fully saturated rings. The second-order valence-electron chi connectivity index (χ2n) is 8.43. The number of esters is 1. The van der Waals surface area contributed by atoms with E-state index in [-0.39, 0.29) is 18.0 Å². The Kier molecular flexibility index (Phi) is 7.35. The van der Waals surface area contributed by atoms with E-state index in [0.29, 0.717) is 17.0 Å². The van der Waals surface area contributed by atoms with Crippen LogP contribution in [0, 0.1) is 0 Å². The minimum absolute atomic E-state index is 0.0227. The molecule has 4 rings (SSSR count). The summed E-state index contributed by atoms with van der Waals surface area (Å²) in [5, 5.41) is 0. The van der Waals surface area contributed by atoms with Crippen LogP contribution in [0.15, 0.2) is 65.8 Å². The van der Waals surface area contributed by atoms with Crippen molar-refractivity contribution in [2.24, 2.45) is 0 Å². The Balaban J connectivity index is 1.71. The van der Waals surface area contributed by atoms with E-state index in [1.807, 2.05) is 6.07 Å². The summed E-state index contributed by atoms with van der Waals surface area (Å²) in [5.74, 6) is -0.0780. The molecule has 0 bridgehead atoms. The SMILES string of the molecule is COC(=O)c1ccc(COc2cc3c(cc2N(C[C@@H](C)F)S(=O)(=O)c2cccnc2)CCC3)cc1. The number of anilines is 1. The highest BCUT2D eigenvalue weighted by Crippen LogP contribution is 2.39. The van der Waals surface area contributed by atoms with Crippen molar-refractivity contribution in [2.45, 2.75) is 43.9 Å². The Morgan fingerprint density at radius 1 is 1.14 bits per heavy atom. The van der Waals surface area contributed by atoms with Crippen LogP contribution in [0.5, 0.6) is 5.75 Å². The van der Waals surface area contributed by atoms with Gasteiger partial charge in [0, 0.05) is 12.4 Å². The number of rotatable bonds is 9. The van der Waals surface area contributed by atoms with E-state index in [1.54, 1.807) is 30.3 Å². The smallest absolute Gasteiger partial charge is 0.337 e. The van der Waals surface area contributed by atoms with Gasteiger partial charge in [-0.2, -0.15) is 0 Å². The lowest BCUT2D eigenvalue weighted by Crippen LogP contribution is -2.36. The number of fused-ring (bicyclic) bond motifs is 1. The summed E-state index contributed by atoms with van der Waals surface area (Å²) in [6.45, 7) is 1.10. The van der Waals surface area contributed by atoms with E-state index < -0.39 is 22.2 Å². The van der Waals surface area contributed by atoms with Gasteiger partial charge in [0.05, 0.1) is 24.9 Å². The number of ether oxygens (including phenoxy) is 2. The van der Waals surface area contributed by atoms with Crippen molar-refractivity contribution in [1.29, 1.82) is 0 Å². The third-order valence-electron chi connectivity index (χ3n) is 5.85. The summed E-state index contributed by atoms with van der Waals surface area (Å²) in [6, 6.07) is 13.4. The van der Waals surface area contributed by atoms with E-state index in [1.165, 1.54) is 38.6 Å². The third kappa shape index (κ3) is 5.45. The van der Waals surface area contributed by atoms with Crippen molar-refractivity contribution in [1.82, 2.24) is 4.98 Å². The van der Waals surface area contributed by atoms with Crippen LogP contribution in [-0.2, 0) is 34.2 Å². The molecule has 0 amide bonds. The molecule has 1 aliphatic carbocycles. The first kappa shape index (κ1) is 24.7. The maximum absolute atomic E-state index is 14.3. The highest BCUT2D eigenvalue weighted by Gasteiger charge is 2.30. The fourth-order valence-electron chi connectivity index (χ4n) is 4.10. The van der Waals surface area contributed by atoms with Gasteiger partial charge in [0.15, 0.2) is 0 Å². The number of hydrogen-bond acceptors (Lipinski definition) is 6. The van der Waals surface area contributed by atoms with Crippen LogP contribution >= 0.6 is 0 Å². The number of aromatic nitrogens is 1. The molecule has 1 aromatic heterocycles. The summed E-state index contributed by atoms with van der Waals surface area (Å²) in [7, 11) is -2.77. The minimum Gasteiger partial charge on any atom is -0.487 e. The number of carbonyl (C=O) groups excluding carboxylic acids is 1. The molecule has 1 heterocycles. The maximum Gasteiger partial charge on any atom is 0.337 e. The number of carbonyl (C=O) groups is 1. The lowest BCUT2D eigenvalue weighted by atomic mass is 10.1. The van der Waals surface area contributed by atoms with Gasteiger partial charge in [-0.25, -0.2) is 17.6 Å². The molecule has 7 nitrogen and oxygen atoms in total. The van der Waals surface area contributed by atoms with Crippen molar-refractivity contribution >= 4 is 21.7 Å². The Bertz CT molecular complexity index is 1300. The summed E-state index contributed by atoms with van der Waals surface area (Å²) >= 11 is 0. The number of hydrogen-bond donors (Lipinski definition) is 0. The molecule has 0 N–H and O–H groups in total. The topological polar surface area (TPSA) is 85.8 Å². The molecule has 2 aromatic carbocycles. The van der Waals surface area contributed by atoms with E-state index in [2.05, 4.69) is 4.98 Å². The van der Waals surface area contributed by atoms with Crippen molar-refractivity contribution in [3.8, 4) is 5.75 Å². The van der Waals surface area contributed by atoms with Gasteiger partial charge in [-0.3, -0.25) is 9.29 Å².